The van der Waals surface area contributed by atoms with Crippen molar-refractivity contribution in [2.75, 3.05) is 13.6 Å². The predicted octanol–water partition coefficient (Wildman–Crippen LogP) is 1.13. The average molecular weight is 185 g/mol. The topological polar surface area (TPSA) is 41.6 Å². The lowest BCUT2D eigenvalue weighted by Crippen LogP contribution is -2.27. The van der Waals surface area contributed by atoms with Gasteiger partial charge in [0.25, 0.3) is 0 Å². The quantitative estimate of drug-likeness (QED) is 0.575. The van der Waals surface area contributed by atoms with Gasteiger partial charge in [0.05, 0.1) is 0 Å². The molecule has 0 aromatic heterocycles. The molecule has 1 rings (SSSR count). The van der Waals surface area contributed by atoms with Crippen LogP contribution in [0.4, 0.5) is 0 Å². The Bertz CT molecular complexity index is 200. The van der Waals surface area contributed by atoms with E-state index in [1.807, 2.05) is 7.05 Å². The fourth-order valence-electron chi connectivity index (χ4n) is 1.40. The molecule has 0 unspecified atom stereocenters. The Morgan fingerprint density at radius 1 is 1.50 bits per heavy atom. The maximum absolute atomic E-state index is 5.35. The van der Waals surface area contributed by atoms with E-state index >= 15 is 0 Å². The van der Waals surface area contributed by atoms with Gasteiger partial charge in [0, 0.05) is 20.0 Å². The van der Waals surface area contributed by atoms with E-state index in [1.165, 1.54) is 19.3 Å². The first-order valence-corrected chi connectivity index (χ1v) is 4.69. The smallest absolute Gasteiger partial charge is 0.191 e. The molecular formula is C8H15N3S. The van der Waals surface area contributed by atoms with Crippen LogP contribution in [0.5, 0.6) is 0 Å². The van der Waals surface area contributed by atoms with E-state index in [-0.39, 0.29) is 5.11 Å². The summed E-state index contributed by atoms with van der Waals surface area (Å²) in [5.41, 5.74) is 5.35. The van der Waals surface area contributed by atoms with Gasteiger partial charge in [0.15, 0.2) is 5.11 Å². The number of hydrogen-bond donors (Lipinski definition) is 1. The molecule has 1 heterocycles. The van der Waals surface area contributed by atoms with Crippen molar-refractivity contribution in [3.8, 4) is 0 Å². The fraction of sp³-hybridized carbons (Fsp3) is 0.750. The third-order valence-corrected chi connectivity index (χ3v) is 2.17. The summed E-state index contributed by atoms with van der Waals surface area (Å²) in [5.74, 6) is 1.04. The van der Waals surface area contributed by atoms with Crippen LogP contribution in [0.25, 0.3) is 0 Å². The van der Waals surface area contributed by atoms with Gasteiger partial charge in [-0.05, 0) is 25.1 Å². The number of aliphatic imine (C=N–C) groups is 1. The Morgan fingerprint density at radius 3 is 2.92 bits per heavy atom. The molecule has 0 atom stereocenters. The summed E-state index contributed by atoms with van der Waals surface area (Å²) in [6, 6.07) is 0. The van der Waals surface area contributed by atoms with Crippen molar-refractivity contribution in [1.82, 2.24) is 4.90 Å². The first-order chi connectivity index (χ1) is 5.70. The van der Waals surface area contributed by atoms with Crippen molar-refractivity contribution in [3.63, 3.8) is 0 Å². The average Bonchev–Trinajstić information content (AvgIpc) is 2.16. The normalized spacial score (nSPS) is 22.4. The molecule has 1 aliphatic heterocycles. The van der Waals surface area contributed by atoms with Crippen molar-refractivity contribution in [2.24, 2.45) is 10.7 Å². The van der Waals surface area contributed by atoms with Crippen LogP contribution >= 0.6 is 12.2 Å². The zero-order valence-electron chi connectivity index (χ0n) is 7.42. The maximum atomic E-state index is 5.35. The van der Waals surface area contributed by atoms with Crippen molar-refractivity contribution in [3.05, 3.63) is 0 Å². The summed E-state index contributed by atoms with van der Waals surface area (Å²) >= 11 is 4.74. The van der Waals surface area contributed by atoms with E-state index in [2.05, 4.69) is 9.89 Å². The monoisotopic (exact) mass is 185 g/mol. The molecule has 0 aromatic rings. The van der Waals surface area contributed by atoms with E-state index in [1.54, 1.807) is 0 Å². The van der Waals surface area contributed by atoms with Gasteiger partial charge in [0.2, 0.25) is 0 Å². The van der Waals surface area contributed by atoms with E-state index in [0.717, 1.165) is 18.8 Å². The molecule has 1 saturated heterocycles. The highest BCUT2D eigenvalue weighted by atomic mass is 32.1. The second-order valence-electron chi connectivity index (χ2n) is 3.10. The van der Waals surface area contributed by atoms with Crippen LogP contribution < -0.4 is 5.73 Å². The zero-order chi connectivity index (χ0) is 8.97. The Hall–Kier alpha value is -0.640. The number of likely N-dealkylation sites (tertiary alicyclic amines) is 1. The van der Waals surface area contributed by atoms with Crippen LogP contribution in [0.3, 0.4) is 0 Å². The molecule has 0 bridgehead atoms. The lowest BCUT2D eigenvalue weighted by molar-refractivity contribution is 0.495. The van der Waals surface area contributed by atoms with Gasteiger partial charge in [-0.2, -0.15) is 0 Å². The first-order valence-electron chi connectivity index (χ1n) is 4.28. The Balaban J connectivity index is 2.64. The highest BCUT2D eigenvalue weighted by molar-refractivity contribution is 7.80. The molecule has 0 saturated carbocycles. The molecule has 68 valence electrons. The molecule has 0 aliphatic carbocycles. The Labute approximate surface area is 78.6 Å². The van der Waals surface area contributed by atoms with Crippen LogP contribution in [-0.2, 0) is 0 Å². The van der Waals surface area contributed by atoms with Gasteiger partial charge in [0.1, 0.15) is 5.84 Å². The molecule has 0 amide bonds. The third kappa shape index (κ3) is 2.77. The maximum Gasteiger partial charge on any atom is 0.191 e. The van der Waals surface area contributed by atoms with Gasteiger partial charge in [-0.1, -0.05) is 6.42 Å². The summed E-state index contributed by atoms with van der Waals surface area (Å²) in [6.07, 6.45) is 4.73. The lowest BCUT2D eigenvalue weighted by Gasteiger charge is -2.17. The van der Waals surface area contributed by atoms with Gasteiger partial charge in [-0.3, -0.25) is 0 Å². The highest BCUT2D eigenvalue weighted by Gasteiger charge is 2.10. The minimum absolute atomic E-state index is 0.249. The highest BCUT2D eigenvalue weighted by Crippen LogP contribution is 2.10. The molecule has 3 nitrogen and oxygen atoms in total. The number of thiocarbonyl (C=S) groups is 1. The predicted molar refractivity (Wildman–Crippen MR) is 55.3 cm³/mol. The number of rotatable bonds is 0. The van der Waals surface area contributed by atoms with Crippen LogP contribution in [0.15, 0.2) is 4.99 Å². The fourth-order valence-corrected chi connectivity index (χ4v) is 1.50. The van der Waals surface area contributed by atoms with Crippen LogP contribution in [0.1, 0.15) is 25.7 Å². The molecular weight excluding hydrogens is 170 g/mol. The molecule has 0 spiro atoms. The minimum Gasteiger partial charge on any atom is -0.374 e. The van der Waals surface area contributed by atoms with Crippen molar-refractivity contribution in [2.45, 2.75) is 25.7 Å². The van der Waals surface area contributed by atoms with Gasteiger partial charge < -0.3 is 10.6 Å². The van der Waals surface area contributed by atoms with Crippen LogP contribution in [0.2, 0.25) is 0 Å². The van der Waals surface area contributed by atoms with Crippen molar-refractivity contribution in [1.29, 1.82) is 0 Å². The summed E-state index contributed by atoms with van der Waals surface area (Å²) in [6.45, 7) is 1.07. The van der Waals surface area contributed by atoms with Crippen LogP contribution in [-0.4, -0.2) is 29.4 Å². The minimum atomic E-state index is 0.249. The van der Waals surface area contributed by atoms with E-state index in [0.29, 0.717) is 0 Å². The molecule has 2 N–H and O–H groups in total. The summed E-state index contributed by atoms with van der Waals surface area (Å²) in [5, 5.41) is 0.249. The molecule has 4 heteroatoms. The van der Waals surface area contributed by atoms with Gasteiger partial charge >= 0.3 is 0 Å². The van der Waals surface area contributed by atoms with Gasteiger partial charge in [-0.15, -0.1) is 0 Å². The van der Waals surface area contributed by atoms with E-state index < -0.39 is 0 Å². The molecule has 1 aliphatic rings. The van der Waals surface area contributed by atoms with E-state index in [4.69, 9.17) is 18.0 Å². The summed E-state index contributed by atoms with van der Waals surface area (Å²) in [7, 11) is 2.04. The summed E-state index contributed by atoms with van der Waals surface area (Å²) < 4.78 is 0. The number of nitrogens with two attached hydrogens (primary N) is 1. The van der Waals surface area contributed by atoms with E-state index in [9.17, 15) is 0 Å². The lowest BCUT2D eigenvalue weighted by atomic mass is 10.2. The molecule has 12 heavy (non-hydrogen) atoms. The second kappa shape index (κ2) is 4.40. The van der Waals surface area contributed by atoms with Gasteiger partial charge in [-0.25, -0.2) is 4.99 Å². The summed E-state index contributed by atoms with van der Waals surface area (Å²) in [4.78, 5) is 6.27. The Morgan fingerprint density at radius 2 is 2.25 bits per heavy atom. The molecule has 0 radical (unpaired) electrons. The SMILES string of the molecule is CN1CCCCCC1=NC(N)=S. The molecule has 1 fully saturated rings. The standard InChI is InChI=1S/C8H15N3S/c1-11-6-4-2-3-5-7(11)10-8(9)12/h2-6H2,1H3,(H2,9,12). The number of nitrogens with zero attached hydrogens (tertiary/aromatic N) is 2. The molecule has 0 aromatic carbocycles. The van der Waals surface area contributed by atoms with Crippen molar-refractivity contribution >= 4 is 23.2 Å². The third-order valence-electron chi connectivity index (χ3n) is 2.07. The Kier molecular flexibility index (Phi) is 3.47. The largest absolute Gasteiger partial charge is 0.374 e. The number of hydrogen-bond acceptors (Lipinski definition) is 1. The second-order valence-corrected chi connectivity index (χ2v) is 3.52. The van der Waals surface area contributed by atoms with Crippen LogP contribution in [0, 0.1) is 0 Å². The van der Waals surface area contributed by atoms with Crippen molar-refractivity contribution < 1.29 is 0 Å². The number of amidine groups is 1. The first kappa shape index (κ1) is 9.45. The zero-order valence-corrected chi connectivity index (χ0v) is 8.23.